The maximum absolute atomic E-state index is 5.76. The van der Waals surface area contributed by atoms with Crippen LogP contribution in [-0.2, 0) is 12.8 Å². The van der Waals surface area contributed by atoms with Crippen LogP contribution in [0.15, 0.2) is 48.7 Å². The Bertz CT molecular complexity index is 672. The summed E-state index contributed by atoms with van der Waals surface area (Å²) in [5, 5.41) is 8.35. The fourth-order valence-corrected chi connectivity index (χ4v) is 2.07. The second kappa shape index (κ2) is 4.49. The number of hydrogen-bond donors (Lipinski definition) is 1. The van der Waals surface area contributed by atoms with Gasteiger partial charge in [-0.25, -0.2) is 0 Å². The van der Waals surface area contributed by atoms with Crippen molar-refractivity contribution in [2.45, 2.75) is 12.8 Å². The highest BCUT2D eigenvalue weighted by atomic mass is 15.2. The molecule has 18 heavy (non-hydrogen) atoms. The fraction of sp³-hybridized carbons (Fsp3) is 0.143. The fourth-order valence-electron chi connectivity index (χ4n) is 2.07. The summed E-state index contributed by atoms with van der Waals surface area (Å²) in [5.74, 6) is 0.980. The molecule has 0 atom stereocenters. The van der Waals surface area contributed by atoms with Crippen molar-refractivity contribution >= 4 is 11.3 Å². The van der Waals surface area contributed by atoms with Crippen LogP contribution in [-0.4, -0.2) is 14.6 Å². The van der Waals surface area contributed by atoms with Gasteiger partial charge in [-0.3, -0.25) is 4.40 Å². The first kappa shape index (κ1) is 10.8. The number of aromatic nitrogens is 3. The monoisotopic (exact) mass is 238 g/mol. The predicted octanol–water partition coefficient (Wildman–Crippen LogP) is 2.10. The highest BCUT2D eigenvalue weighted by Crippen LogP contribution is 2.10. The van der Waals surface area contributed by atoms with E-state index in [9.17, 15) is 0 Å². The third kappa shape index (κ3) is 2.05. The summed E-state index contributed by atoms with van der Waals surface area (Å²) in [6, 6.07) is 13.9. The van der Waals surface area contributed by atoms with Crippen LogP contribution in [0.4, 0.5) is 5.69 Å². The number of pyridine rings is 1. The summed E-state index contributed by atoms with van der Waals surface area (Å²) in [5.41, 5.74) is 8.68. The molecule has 2 N–H and O–H groups in total. The second-order valence-electron chi connectivity index (χ2n) is 4.29. The van der Waals surface area contributed by atoms with Crippen molar-refractivity contribution in [3.63, 3.8) is 0 Å². The van der Waals surface area contributed by atoms with Crippen molar-refractivity contribution in [2.24, 2.45) is 0 Å². The Hall–Kier alpha value is -2.36. The molecule has 0 fully saturated rings. The van der Waals surface area contributed by atoms with E-state index in [4.69, 9.17) is 5.73 Å². The average Bonchev–Trinajstić information content (AvgIpc) is 2.80. The third-order valence-corrected chi connectivity index (χ3v) is 2.97. The molecular weight excluding hydrogens is 224 g/mol. The van der Waals surface area contributed by atoms with E-state index in [-0.39, 0.29) is 0 Å². The number of fused-ring (bicyclic) bond motifs is 1. The molecule has 0 spiro atoms. The Morgan fingerprint density at radius 1 is 1.00 bits per heavy atom. The zero-order valence-electron chi connectivity index (χ0n) is 9.95. The van der Waals surface area contributed by atoms with Gasteiger partial charge in [-0.15, -0.1) is 10.2 Å². The van der Waals surface area contributed by atoms with Crippen molar-refractivity contribution in [1.82, 2.24) is 14.6 Å². The molecule has 3 rings (SSSR count). The van der Waals surface area contributed by atoms with Gasteiger partial charge >= 0.3 is 0 Å². The summed E-state index contributed by atoms with van der Waals surface area (Å²) in [7, 11) is 0. The largest absolute Gasteiger partial charge is 0.399 e. The number of rotatable bonds is 3. The number of nitrogens with two attached hydrogens (primary N) is 1. The van der Waals surface area contributed by atoms with Crippen molar-refractivity contribution in [3.8, 4) is 0 Å². The quantitative estimate of drug-likeness (QED) is 0.711. The Kier molecular flexibility index (Phi) is 2.68. The second-order valence-corrected chi connectivity index (χ2v) is 4.29. The lowest BCUT2D eigenvalue weighted by Crippen LogP contribution is -1.98. The molecular formula is C14H14N4. The van der Waals surface area contributed by atoms with Gasteiger partial charge in [0.05, 0.1) is 0 Å². The molecule has 0 aliphatic carbocycles. The molecule has 0 unspecified atom stereocenters. The van der Waals surface area contributed by atoms with Crippen LogP contribution in [0.2, 0.25) is 0 Å². The number of nitrogens with zero attached hydrogens (tertiary/aromatic N) is 3. The van der Waals surface area contributed by atoms with Crippen LogP contribution in [0.1, 0.15) is 11.4 Å². The Labute approximate surface area is 105 Å². The predicted molar refractivity (Wildman–Crippen MR) is 71.2 cm³/mol. The van der Waals surface area contributed by atoms with Crippen molar-refractivity contribution in [3.05, 3.63) is 60.0 Å². The van der Waals surface area contributed by atoms with E-state index >= 15 is 0 Å². The van der Waals surface area contributed by atoms with Gasteiger partial charge in [-0.2, -0.15) is 0 Å². The lowest BCUT2D eigenvalue weighted by molar-refractivity contribution is 0.839. The van der Waals surface area contributed by atoms with Crippen LogP contribution >= 0.6 is 0 Å². The van der Waals surface area contributed by atoms with E-state index in [0.29, 0.717) is 0 Å². The molecule has 0 radical (unpaired) electrons. The summed E-state index contributed by atoms with van der Waals surface area (Å²) >= 11 is 0. The van der Waals surface area contributed by atoms with Gasteiger partial charge in [0, 0.05) is 18.3 Å². The average molecular weight is 238 g/mol. The topological polar surface area (TPSA) is 56.2 Å². The van der Waals surface area contributed by atoms with Gasteiger partial charge in [-0.05, 0) is 36.2 Å². The van der Waals surface area contributed by atoms with E-state index < -0.39 is 0 Å². The molecule has 0 aliphatic rings. The van der Waals surface area contributed by atoms with Crippen LogP contribution < -0.4 is 5.73 Å². The van der Waals surface area contributed by atoms with Crippen LogP contribution in [0.25, 0.3) is 5.65 Å². The first-order chi connectivity index (χ1) is 8.83. The number of aryl methyl sites for hydroxylation is 2. The smallest absolute Gasteiger partial charge is 0.160 e. The normalized spacial score (nSPS) is 10.9. The molecule has 2 heterocycles. The first-order valence-corrected chi connectivity index (χ1v) is 5.96. The lowest BCUT2D eigenvalue weighted by Gasteiger charge is -2.02. The minimum absolute atomic E-state index is 0.804. The van der Waals surface area contributed by atoms with E-state index in [1.54, 1.807) is 0 Å². The maximum Gasteiger partial charge on any atom is 0.160 e. The molecule has 0 saturated carbocycles. The number of nitrogen functional groups attached to an aromatic ring is 1. The Morgan fingerprint density at radius 2 is 1.94 bits per heavy atom. The maximum atomic E-state index is 5.76. The van der Waals surface area contributed by atoms with Gasteiger partial charge in [0.1, 0.15) is 5.82 Å². The van der Waals surface area contributed by atoms with E-state index in [2.05, 4.69) is 16.3 Å². The van der Waals surface area contributed by atoms with Gasteiger partial charge in [-0.1, -0.05) is 18.2 Å². The minimum Gasteiger partial charge on any atom is -0.399 e. The molecule has 2 aromatic heterocycles. The molecule has 1 aromatic carbocycles. The lowest BCUT2D eigenvalue weighted by atomic mass is 10.1. The highest BCUT2D eigenvalue weighted by molar-refractivity contribution is 5.41. The summed E-state index contributed by atoms with van der Waals surface area (Å²) in [6.45, 7) is 0. The Morgan fingerprint density at radius 3 is 2.83 bits per heavy atom. The molecule has 4 heteroatoms. The van der Waals surface area contributed by atoms with Gasteiger partial charge in [0.15, 0.2) is 5.65 Å². The minimum atomic E-state index is 0.804. The number of anilines is 1. The van der Waals surface area contributed by atoms with Crippen LogP contribution in [0.3, 0.4) is 0 Å². The van der Waals surface area contributed by atoms with E-state index in [1.807, 2.05) is 47.0 Å². The van der Waals surface area contributed by atoms with Gasteiger partial charge in [0.25, 0.3) is 0 Å². The number of hydrogen-bond acceptors (Lipinski definition) is 3. The van der Waals surface area contributed by atoms with Gasteiger partial charge < -0.3 is 5.73 Å². The van der Waals surface area contributed by atoms with Gasteiger partial charge in [0.2, 0.25) is 0 Å². The summed E-state index contributed by atoms with van der Waals surface area (Å²) in [6.07, 6.45) is 3.76. The summed E-state index contributed by atoms with van der Waals surface area (Å²) in [4.78, 5) is 0. The van der Waals surface area contributed by atoms with Crippen molar-refractivity contribution in [1.29, 1.82) is 0 Å². The molecule has 3 aromatic rings. The zero-order valence-corrected chi connectivity index (χ0v) is 9.95. The Balaban J connectivity index is 1.81. The van der Waals surface area contributed by atoms with Crippen LogP contribution in [0, 0.1) is 0 Å². The number of benzene rings is 1. The molecule has 4 nitrogen and oxygen atoms in total. The zero-order chi connectivity index (χ0) is 12.4. The van der Waals surface area contributed by atoms with Crippen molar-refractivity contribution in [2.75, 3.05) is 5.73 Å². The first-order valence-electron chi connectivity index (χ1n) is 5.96. The molecule has 90 valence electrons. The van der Waals surface area contributed by atoms with E-state index in [1.165, 1.54) is 5.56 Å². The molecule has 0 aliphatic heterocycles. The van der Waals surface area contributed by atoms with Crippen molar-refractivity contribution < 1.29 is 0 Å². The molecule has 0 bridgehead atoms. The molecule has 0 saturated heterocycles. The summed E-state index contributed by atoms with van der Waals surface area (Å²) < 4.78 is 2.02. The van der Waals surface area contributed by atoms with Crippen LogP contribution in [0.5, 0.6) is 0 Å². The highest BCUT2D eigenvalue weighted by Gasteiger charge is 2.04. The third-order valence-electron chi connectivity index (χ3n) is 2.97. The molecule has 0 amide bonds. The SMILES string of the molecule is Nc1cccc(CCc2nnc3ccccn23)c1. The standard InChI is InChI=1S/C14H14N4/c15-12-5-3-4-11(10-12)7-8-14-17-16-13-6-1-2-9-18(13)14/h1-6,9-10H,7-8,15H2. The van der Waals surface area contributed by atoms with E-state index in [0.717, 1.165) is 30.0 Å².